The van der Waals surface area contributed by atoms with E-state index >= 15 is 0 Å². The number of nitro groups is 1. The average molecular weight is 296 g/mol. The van der Waals surface area contributed by atoms with Gasteiger partial charge in [-0.05, 0) is 12.1 Å². The van der Waals surface area contributed by atoms with Crippen LogP contribution in [0.1, 0.15) is 5.56 Å². The summed E-state index contributed by atoms with van der Waals surface area (Å²) in [5.41, 5.74) is 0.558. The van der Waals surface area contributed by atoms with Crippen LogP contribution in [0.2, 0.25) is 0 Å². The Hall–Kier alpha value is -2.41. The maximum atomic E-state index is 10.9. The molecule has 2 aromatic rings. The summed E-state index contributed by atoms with van der Waals surface area (Å²) in [6.07, 6.45) is 3.04. The highest BCUT2D eigenvalue weighted by molar-refractivity contribution is 6.17. The molecule has 0 unspecified atom stereocenters. The van der Waals surface area contributed by atoms with E-state index in [0.717, 1.165) is 5.56 Å². The molecule has 0 saturated heterocycles. The third kappa shape index (κ3) is 3.12. The van der Waals surface area contributed by atoms with Gasteiger partial charge in [0.15, 0.2) is 5.75 Å². The van der Waals surface area contributed by atoms with Gasteiger partial charge in [0.25, 0.3) is 0 Å². The van der Waals surface area contributed by atoms with Gasteiger partial charge in [0.05, 0.1) is 24.0 Å². The number of hydrogen-bond donors (Lipinski definition) is 0. The van der Waals surface area contributed by atoms with E-state index in [1.165, 1.54) is 37.7 Å². The van der Waals surface area contributed by atoms with Crippen LogP contribution in [-0.4, -0.2) is 22.0 Å². The third-order valence-electron chi connectivity index (χ3n) is 2.39. The van der Waals surface area contributed by atoms with Crippen LogP contribution < -0.4 is 9.47 Å². The molecule has 0 N–H and O–H groups in total. The largest absolute Gasteiger partial charge is 0.490 e. The normalized spacial score (nSPS) is 10.1. The Labute approximate surface area is 119 Å². The first kappa shape index (κ1) is 14.0. The van der Waals surface area contributed by atoms with Crippen molar-refractivity contribution >= 4 is 17.3 Å². The Morgan fingerprint density at radius 1 is 1.35 bits per heavy atom. The van der Waals surface area contributed by atoms with Crippen LogP contribution in [0.5, 0.6) is 17.5 Å². The molecule has 0 aliphatic heterocycles. The van der Waals surface area contributed by atoms with E-state index in [0.29, 0.717) is 5.88 Å². The van der Waals surface area contributed by atoms with Gasteiger partial charge in [0, 0.05) is 18.0 Å². The van der Waals surface area contributed by atoms with Crippen LogP contribution >= 0.6 is 11.6 Å². The number of halogens is 1. The van der Waals surface area contributed by atoms with Gasteiger partial charge >= 0.3 is 11.7 Å². The summed E-state index contributed by atoms with van der Waals surface area (Å²) in [6.45, 7) is 0. The Balaban J connectivity index is 2.24. The standard InChI is InChI=1S/C12H10ClN3O4/c1-19-11-3-2-9(4-10(11)16(17)18)20-12-14-6-8(5-13)7-15-12/h2-4,6-7H,5H2,1H3. The van der Waals surface area contributed by atoms with Gasteiger partial charge in [0.2, 0.25) is 0 Å². The summed E-state index contributed by atoms with van der Waals surface area (Å²) in [7, 11) is 1.36. The van der Waals surface area contributed by atoms with Gasteiger partial charge in [-0.15, -0.1) is 11.6 Å². The van der Waals surface area contributed by atoms with Crippen LogP contribution in [-0.2, 0) is 5.88 Å². The van der Waals surface area contributed by atoms with Crippen LogP contribution in [0.4, 0.5) is 5.69 Å². The van der Waals surface area contributed by atoms with E-state index in [9.17, 15) is 10.1 Å². The van der Waals surface area contributed by atoms with Crippen molar-refractivity contribution in [3.63, 3.8) is 0 Å². The highest BCUT2D eigenvalue weighted by Crippen LogP contribution is 2.32. The maximum absolute atomic E-state index is 10.9. The van der Waals surface area contributed by atoms with Gasteiger partial charge in [0.1, 0.15) is 5.75 Å². The monoisotopic (exact) mass is 295 g/mol. The molecule has 8 heteroatoms. The number of methoxy groups -OCH3 is 1. The minimum atomic E-state index is -0.552. The van der Waals surface area contributed by atoms with Crippen molar-refractivity contribution in [3.05, 3.63) is 46.3 Å². The molecular weight excluding hydrogens is 286 g/mol. The Kier molecular flexibility index (Phi) is 4.31. The van der Waals surface area contributed by atoms with Crippen LogP contribution in [0, 0.1) is 10.1 Å². The number of rotatable bonds is 5. The molecule has 0 amide bonds. The molecule has 0 atom stereocenters. The Bertz CT molecular complexity index is 619. The van der Waals surface area contributed by atoms with Crippen molar-refractivity contribution in [1.29, 1.82) is 0 Å². The minimum Gasteiger partial charge on any atom is -0.490 e. The number of nitrogens with zero attached hydrogens (tertiary/aromatic N) is 3. The van der Waals surface area contributed by atoms with E-state index in [1.807, 2.05) is 0 Å². The van der Waals surface area contributed by atoms with Crippen LogP contribution in [0.25, 0.3) is 0 Å². The zero-order valence-corrected chi connectivity index (χ0v) is 11.2. The Morgan fingerprint density at radius 2 is 2.05 bits per heavy atom. The summed E-state index contributed by atoms with van der Waals surface area (Å²) in [4.78, 5) is 18.2. The number of nitro benzene ring substituents is 1. The predicted octanol–water partition coefficient (Wildman–Crippen LogP) is 2.92. The fourth-order valence-electron chi connectivity index (χ4n) is 1.45. The summed E-state index contributed by atoms with van der Waals surface area (Å²) < 4.78 is 10.2. The minimum absolute atomic E-state index is 0.0818. The van der Waals surface area contributed by atoms with E-state index in [1.54, 1.807) is 0 Å². The lowest BCUT2D eigenvalue weighted by molar-refractivity contribution is -0.385. The van der Waals surface area contributed by atoms with Crippen LogP contribution in [0.15, 0.2) is 30.6 Å². The predicted molar refractivity (Wildman–Crippen MR) is 71.3 cm³/mol. The zero-order valence-electron chi connectivity index (χ0n) is 10.4. The van der Waals surface area contributed by atoms with Crippen molar-refractivity contribution in [3.8, 4) is 17.5 Å². The van der Waals surface area contributed by atoms with Crippen molar-refractivity contribution in [1.82, 2.24) is 9.97 Å². The molecule has 104 valence electrons. The smallest absolute Gasteiger partial charge is 0.321 e. The van der Waals surface area contributed by atoms with Gasteiger partial charge in [-0.25, -0.2) is 9.97 Å². The molecule has 0 radical (unpaired) electrons. The van der Waals surface area contributed by atoms with Gasteiger partial charge in [-0.2, -0.15) is 0 Å². The second kappa shape index (κ2) is 6.16. The first-order chi connectivity index (χ1) is 9.63. The molecule has 0 spiro atoms. The highest BCUT2D eigenvalue weighted by atomic mass is 35.5. The van der Waals surface area contributed by atoms with Gasteiger partial charge in [-0.3, -0.25) is 10.1 Å². The molecule has 0 bridgehead atoms. The summed E-state index contributed by atoms with van der Waals surface area (Å²) in [6, 6.07) is 4.31. The first-order valence-corrected chi connectivity index (χ1v) is 6.04. The quantitative estimate of drug-likeness (QED) is 0.479. The summed E-state index contributed by atoms with van der Waals surface area (Å²) in [5.74, 6) is 0.700. The van der Waals surface area contributed by atoms with Crippen LogP contribution in [0.3, 0.4) is 0 Å². The highest BCUT2D eigenvalue weighted by Gasteiger charge is 2.16. The topological polar surface area (TPSA) is 87.4 Å². The molecule has 0 aliphatic carbocycles. The molecule has 1 aromatic carbocycles. The number of aromatic nitrogens is 2. The van der Waals surface area contributed by atoms with E-state index in [2.05, 4.69) is 9.97 Å². The molecule has 7 nitrogen and oxygen atoms in total. The SMILES string of the molecule is COc1ccc(Oc2ncc(CCl)cn2)cc1[N+](=O)[O-]. The van der Waals surface area contributed by atoms with Crippen molar-refractivity contribution in [2.45, 2.75) is 5.88 Å². The zero-order chi connectivity index (χ0) is 14.5. The fourth-order valence-corrected chi connectivity index (χ4v) is 1.58. The number of benzene rings is 1. The second-order valence-electron chi connectivity index (χ2n) is 3.70. The molecule has 0 saturated carbocycles. The Morgan fingerprint density at radius 3 is 2.60 bits per heavy atom. The first-order valence-electron chi connectivity index (χ1n) is 5.51. The lowest BCUT2D eigenvalue weighted by Gasteiger charge is -2.06. The van der Waals surface area contributed by atoms with Crippen molar-refractivity contribution in [2.24, 2.45) is 0 Å². The van der Waals surface area contributed by atoms with Gasteiger partial charge in [-0.1, -0.05) is 0 Å². The second-order valence-corrected chi connectivity index (χ2v) is 3.97. The van der Waals surface area contributed by atoms with Crippen molar-refractivity contribution in [2.75, 3.05) is 7.11 Å². The lowest BCUT2D eigenvalue weighted by atomic mass is 10.3. The molecule has 0 fully saturated rings. The molecule has 1 heterocycles. The number of alkyl halides is 1. The van der Waals surface area contributed by atoms with Crippen molar-refractivity contribution < 1.29 is 14.4 Å². The number of hydrogen-bond acceptors (Lipinski definition) is 6. The third-order valence-corrected chi connectivity index (χ3v) is 2.70. The van der Waals surface area contributed by atoms with E-state index in [-0.39, 0.29) is 23.2 Å². The molecule has 2 rings (SSSR count). The molecular formula is C12H10ClN3O4. The maximum Gasteiger partial charge on any atom is 0.321 e. The molecule has 1 aromatic heterocycles. The van der Waals surface area contributed by atoms with E-state index < -0.39 is 4.92 Å². The summed E-state index contributed by atoms with van der Waals surface area (Å²) >= 11 is 5.62. The lowest BCUT2D eigenvalue weighted by Crippen LogP contribution is -1.96. The van der Waals surface area contributed by atoms with Gasteiger partial charge < -0.3 is 9.47 Å². The molecule has 0 aliphatic rings. The molecule has 20 heavy (non-hydrogen) atoms. The fraction of sp³-hybridized carbons (Fsp3) is 0.167. The average Bonchev–Trinajstić information content (AvgIpc) is 2.48. The number of ether oxygens (including phenoxy) is 2. The summed E-state index contributed by atoms with van der Waals surface area (Å²) in [5, 5.41) is 10.9. The van der Waals surface area contributed by atoms with E-state index in [4.69, 9.17) is 21.1 Å².